The molecule has 0 aliphatic carbocycles. The van der Waals surface area contributed by atoms with Crippen molar-refractivity contribution >= 4 is 39.1 Å². The fraction of sp³-hybridized carbons (Fsp3) is 0.400. The first-order chi connectivity index (χ1) is 8.38. The Morgan fingerprint density at radius 2 is 1.89 bits per heavy atom. The highest BCUT2D eigenvalue weighted by Gasteiger charge is 2.19. The SMILES string of the molecule is CN(CCCO)S(=O)(=O)Nc1c(Cl)cccc1Cl. The molecule has 8 heteroatoms. The molecule has 0 atom stereocenters. The Labute approximate surface area is 116 Å². The first-order valence-electron chi connectivity index (χ1n) is 5.17. The maximum absolute atomic E-state index is 11.9. The van der Waals surface area contributed by atoms with E-state index in [0.717, 1.165) is 4.31 Å². The van der Waals surface area contributed by atoms with Crippen molar-refractivity contribution in [2.75, 3.05) is 24.9 Å². The van der Waals surface area contributed by atoms with E-state index in [1.165, 1.54) is 7.05 Å². The minimum Gasteiger partial charge on any atom is -0.396 e. The van der Waals surface area contributed by atoms with Gasteiger partial charge in [-0.05, 0) is 18.6 Å². The van der Waals surface area contributed by atoms with E-state index in [9.17, 15) is 8.42 Å². The fourth-order valence-electron chi connectivity index (χ4n) is 1.22. The maximum Gasteiger partial charge on any atom is 0.301 e. The molecule has 1 rings (SSSR count). The highest BCUT2D eigenvalue weighted by molar-refractivity contribution is 7.90. The van der Waals surface area contributed by atoms with Crippen LogP contribution in [0.1, 0.15) is 6.42 Å². The minimum atomic E-state index is -3.73. The number of hydrogen-bond donors (Lipinski definition) is 2. The molecule has 0 radical (unpaired) electrons. The van der Waals surface area contributed by atoms with Crippen LogP contribution in [-0.4, -0.2) is 38.0 Å². The van der Waals surface area contributed by atoms with Gasteiger partial charge in [0.2, 0.25) is 0 Å². The number of anilines is 1. The van der Waals surface area contributed by atoms with Crippen molar-refractivity contribution < 1.29 is 13.5 Å². The predicted molar refractivity (Wildman–Crippen MR) is 73.3 cm³/mol. The summed E-state index contributed by atoms with van der Waals surface area (Å²) < 4.78 is 27.3. The van der Waals surface area contributed by atoms with E-state index in [1.54, 1.807) is 18.2 Å². The largest absolute Gasteiger partial charge is 0.396 e. The fourth-order valence-corrected chi connectivity index (χ4v) is 2.82. The highest BCUT2D eigenvalue weighted by atomic mass is 35.5. The van der Waals surface area contributed by atoms with E-state index >= 15 is 0 Å². The smallest absolute Gasteiger partial charge is 0.301 e. The van der Waals surface area contributed by atoms with Crippen LogP contribution in [0, 0.1) is 0 Å². The van der Waals surface area contributed by atoms with Crippen LogP contribution in [0.15, 0.2) is 18.2 Å². The molecule has 0 aromatic heterocycles. The van der Waals surface area contributed by atoms with Crippen LogP contribution >= 0.6 is 23.2 Å². The highest BCUT2D eigenvalue weighted by Crippen LogP contribution is 2.30. The Hall–Kier alpha value is -0.530. The first-order valence-corrected chi connectivity index (χ1v) is 7.37. The van der Waals surface area contributed by atoms with E-state index < -0.39 is 10.2 Å². The summed E-state index contributed by atoms with van der Waals surface area (Å²) in [6.07, 6.45) is 0.355. The average molecular weight is 313 g/mol. The van der Waals surface area contributed by atoms with Crippen LogP contribution in [-0.2, 0) is 10.2 Å². The number of benzene rings is 1. The minimum absolute atomic E-state index is 0.0767. The molecule has 0 aliphatic heterocycles. The molecule has 0 unspecified atom stereocenters. The van der Waals surface area contributed by atoms with Crippen molar-refractivity contribution in [3.63, 3.8) is 0 Å². The van der Waals surface area contributed by atoms with Gasteiger partial charge in [-0.2, -0.15) is 12.7 Å². The number of aliphatic hydroxyl groups excluding tert-OH is 1. The molecule has 0 heterocycles. The van der Waals surface area contributed by atoms with Crippen molar-refractivity contribution in [2.24, 2.45) is 0 Å². The third-order valence-electron chi connectivity index (χ3n) is 2.24. The summed E-state index contributed by atoms with van der Waals surface area (Å²) in [6, 6.07) is 4.70. The first kappa shape index (κ1) is 15.5. The Bertz CT molecular complexity index is 488. The summed E-state index contributed by atoms with van der Waals surface area (Å²) >= 11 is 11.7. The Kier molecular flexibility index (Phi) is 5.68. The van der Waals surface area contributed by atoms with Crippen LogP contribution in [0.3, 0.4) is 0 Å². The topological polar surface area (TPSA) is 69.6 Å². The zero-order valence-corrected chi connectivity index (χ0v) is 12.1. The summed E-state index contributed by atoms with van der Waals surface area (Å²) in [7, 11) is -2.32. The molecule has 0 aliphatic rings. The molecule has 1 aromatic carbocycles. The van der Waals surface area contributed by atoms with Crippen LogP contribution in [0.5, 0.6) is 0 Å². The lowest BCUT2D eigenvalue weighted by molar-refractivity contribution is 0.276. The van der Waals surface area contributed by atoms with Gasteiger partial charge >= 0.3 is 10.2 Å². The summed E-state index contributed by atoms with van der Waals surface area (Å²) in [5.41, 5.74) is 0.150. The second-order valence-corrected chi connectivity index (χ2v) is 6.19. The lowest BCUT2D eigenvalue weighted by Crippen LogP contribution is -2.33. The predicted octanol–water partition coefficient (Wildman–Crippen LogP) is 1.96. The lowest BCUT2D eigenvalue weighted by atomic mass is 10.3. The molecule has 0 saturated heterocycles. The van der Waals surface area contributed by atoms with Gasteiger partial charge in [0.25, 0.3) is 0 Å². The van der Waals surface area contributed by atoms with Crippen molar-refractivity contribution in [3.05, 3.63) is 28.2 Å². The monoisotopic (exact) mass is 312 g/mol. The summed E-state index contributed by atoms with van der Waals surface area (Å²) in [4.78, 5) is 0. The molecule has 2 N–H and O–H groups in total. The molecule has 0 saturated carbocycles. The maximum atomic E-state index is 11.9. The molecular formula is C10H14Cl2N2O3S. The van der Waals surface area contributed by atoms with E-state index in [2.05, 4.69) is 4.72 Å². The van der Waals surface area contributed by atoms with Gasteiger partial charge in [-0.3, -0.25) is 4.72 Å². The van der Waals surface area contributed by atoms with Gasteiger partial charge in [0.1, 0.15) is 0 Å². The number of para-hydroxylation sites is 1. The quantitative estimate of drug-likeness (QED) is 0.843. The van der Waals surface area contributed by atoms with Gasteiger partial charge in [-0.15, -0.1) is 0 Å². The van der Waals surface area contributed by atoms with Crippen LogP contribution in [0.2, 0.25) is 10.0 Å². The summed E-state index contributed by atoms with van der Waals surface area (Å²) in [5.74, 6) is 0. The molecular weight excluding hydrogens is 299 g/mol. The number of hydrogen-bond acceptors (Lipinski definition) is 3. The number of rotatable bonds is 6. The molecule has 102 valence electrons. The summed E-state index contributed by atoms with van der Waals surface area (Å²) in [5, 5.41) is 9.12. The lowest BCUT2D eigenvalue weighted by Gasteiger charge is -2.19. The zero-order valence-electron chi connectivity index (χ0n) is 9.73. The molecule has 0 amide bonds. The second kappa shape index (κ2) is 6.58. The molecule has 1 aromatic rings. The van der Waals surface area contributed by atoms with Gasteiger partial charge in [0.05, 0.1) is 15.7 Å². The third kappa shape index (κ3) is 4.00. The van der Waals surface area contributed by atoms with Crippen molar-refractivity contribution in [3.8, 4) is 0 Å². The van der Waals surface area contributed by atoms with Gasteiger partial charge < -0.3 is 5.11 Å². The van der Waals surface area contributed by atoms with Crippen LogP contribution in [0.25, 0.3) is 0 Å². The second-order valence-electron chi connectivity index (χ2n) is 3.60. The molecule has 0 fully saturated rings. The van der Waals surface area contributed by atoms with E-state index in [0.29, 0.717) is 6.42 Å². The zero-order chi connectivity index (χ0) is 13.8. The van der Waals surface area contributed by atoms with E-state index in [-0.39, 0.29) is 28.9 Å². The average Bonchev–Trinajstić information content (AvgIpc) is 2.31. The number of aliphatic hydroxyl groups is 1. The van der Waals surface area contributed by atoms with Crippen molar-refractivity contribution in [1.82, 2.24) is 4.31 Å². The Morgan fingerprint density at radius 3 is 2.39 bits per heavy atom. The van der Waals surface area contributed by atoms with E-state index in [4.69, 9.17) is 28.3 Å². The van der Waals surface area contributed by atoms with E-state index in [1.807, 2.05) is 0 Å². The molecule has 0 spiro atoms. The molecule has 0 bridgehead atoms. The summed E-state index contributed by atoms with van der Waals surface area (Å²) in [6.45, 7) is 0.126. The van der Waals surface area contributed by atoms with Crippen LogP contribution < -0.4 is 4.72 Å². The Morgan fingerprint density at radius 1 is 1.33 bits per heavy atom. The number of nitrogens with zero attached hydrogens (tertiary/aromatic N) is 1. The number of halogens is 2. The van der Waals surface area contributed by atoms with Gasteiger partial charge in [0, 0.05) is 20.2 Å². The number of nitrogens with one attached hydrogen (secondary N) is 1. The van der Waals surface area contributed by atoms with Crippen molar-refractivity contribution in [1.29, 1.82) is 0 Å². The van der Waals surface area contributed by atoms with Gasteiger partial charge in [0.15, 0.2) is 0 Å². The Balaban J connectivity index is 2.89. The van der Waals surface area contributed by atoms with Gasteiger partial charge in [-0.1, -0.05) is 29.3 Å². The molecule has 18 heavy (non-hydrogen) atoms. The van der Waals surface area contributed by atoms with Crippen LogP contribution in [0.4, 0.5) is 5.69 Å². The molecule has 5 nitrogen and oxygen atoms in total. The van der Waals surface area contributed by atoms with Crippen molar-refractivity contribution in [2.45, 2.75) is 6.42 Å². The third-order valence-corrected chi connectivity index (χ3v) is 4.33. The normalized spacial score (nSPS) is 11.8. The standard InChI is InChI=1S/C10H14Cl2N2O3S/c1-14(6-3-7-15)18(16,17)13-10-8(11)4-2-5-9(10)12/h2,4-5,13,15H,3,6-7H2,1H3. The van der Waals surface area contributed by atoms with Gasteiger partial charge in [-0.25, -0.2) is 0 Å².